The Morgan fingerprint density at radius 1 is 0.753 bits per heavy atom. The van der Waals surface area contributed by atoms with Crippen LogP contribution in [0.25, 0.3) is 0 Å². The Hall–Kier alpha value is -6.16. The number of carboxylic acids is 2. The average molecular weight is 1260 g/mol. The van der Waals surface area contributed by atoms with Gasteiger partial charge in [0.2, 0.25) is 0 Å². The molecule has 4 aromatic rings. The van der Waals surface area contributed by atoms with E-state index in [1.165, 1.54) is 35.9 Å². The molecule has 398 valence electrons. The number of aromatic carboxylic acids is 1. The third-order valence-corrected chi connectivity index (χ3v) is 13.2. The number of alkyl halides is 4. The minimum Gasteiger partial charge on any atom is -0.478 e. The maximum absolute atomic E-state index is 12.8. The summed E-state index contributed by atoms with van der Waals surface area (Å²) in [6.45, 7) is 11.6. The van der Waals surface area contributed by atoms with Gasteiger partial charge in [-0.25, -0.2) is 35.5 Å². The van der Waals surface area contributed by atoms with Gasteiger partial charge in [-0.3, -0.25) is 24.0 Å². The Balaban J connectivity index is 0.000000512. The number of nitrogens with one attached hydrogen (secondary N) is 2. The van der Waals surface area contributed by atoms with Crippen molar-refractivity contribution in [3.63, 3.8) is 0 Å². The number of hydrogen-bond donors (Lipinski definition) is 5. The first kappa shape index (κ1) is 64.9. The van der Waals surface area contributed by atoms with Crippen LogP contribution in [-0.4, -0.2) is 104 Å². The lowest BCUT2D eigenvalue weighted by atomic mass is 10.1. The minimum atomic E-state index is -5.08. The third-order valence-electron chi connectivity index (χ3n) is 8.34. The fourth-order valence-electron chi connectivity index (χ4n) is 5.18. The number of halogens is 6. The highest BCUT2D eigenvalue weighted by Crippen LogP contribution is 2.32. The van der Waals surface area contributed by atoms with Crippen LogP contribution in [0.3, 0.4) is 0 Å². The number of carbonyl (C=O) groups is 7. The van der Waals surface area contributed by atoms with E-state index in [9.17, 15) is 58.8 Å². The van der Waals surface area contributed by atoms with Crippen LogP contribution in [0.2, 0.25) is 0 Å². The number of sulfonamides is 2. The van der Waals surface area contributed by atoms with Crippen LogP contribution in [0.4, 0.5) is 24.5 Å². The molecule has 6 rings (SSSR count). The molecule has 2 aliphatic rings. The van der Waals surface area contributed by atoms with Crippen LogP contribution in [0.15, 0.2) is 116 Å². The largest absolute Gasteiger partial charge is 0.490 e. The van der Waals surface area contributed by atoms with E-state index in [1.807, 2.05) is 45.0 Å². The Morgan fingerprint density at radius 3 is 1.66 bits per heavy atom. The van der Waals surface area contributed by atoms with Crippen molar-refractivity contribution in [2.24, 2.45) is 0 Å². The lowest BCUT2D eigenvalue weighted by Crippen LogP contribution is -2.31. The Labute approximate surface area is 444 Å². The molecule has 0 saturated heterocycles. The van der Waals surface area contributed by atoms with Gasteiger partial charge in [-0.15, -0.1) is 6.58 Å². The van der Waals surface area contributed by atoms with Gasteiger partial charge >= 0.3 is 30.1 Å². The summed E-state index contributed by atoms with van der Waals surface area (Å²) >= 11 is 9.82. The third kappa shape index (κ3) is 22.7. The molecule has 0 unspecified atom stereocenters. The fraction of sp³-hybridized carbons (Fsp3) is 0.283. The quantitative estimate of drug-likeness (QED) is 0.0382. The molecule has 27 heteroatoms. The van der Waals surface area contributed by atoms with Gasteiger partial charge in [0.25, 0.3) is 37.8 Å². The topological polar surface area (TPSA) is 300 Å². The zero-order valence-electron chi connectivity index (χ0n) is 39.3. The van der Waals surface area contributed by atoms with Crippen molar-refractivity contribution in [1.29, 1.82) is 0 Å². The maximum atomic E-state index is 12.8. The van der Waals surface area contributed by atoms with E-state index < -0.39 is 61.9 Å². The number of allylic oxidation sites excluding steroid dienone is 1. The highest BCUT2D eigenvalue weighted by molar-refractivity contribution is 9.10. The van der Waals surface area contributed by atoms with Crippen molar-refractivity contribution in [1.82, 2.24) is 9.03 Å². The summed E-state index contributed by atoms with van der Waals surface area (Å²) in [5, 5.41) is 19.3. The molecular formula is C46H50Br3F3N4O15S2. The number of anilines is 2. The molecule has 3 amide bonds. The number of nitrogens with two attached hydrogens (primary N) is 1. The number of carbonyl (C=O) groups excluding carboxylic acids is 5. The van der Waals surface area contributed by atoms with E-state index in [-0.39, 0.29) is 64.0 Å². The van der Waals surface area contributed by atoms with Gasteiger partial charge < -0.3 is 30.7 Å². The van der Waals surface area contributed by atoms with E-state index in [4.69, 9.17) is 25.5 Å². The lowest BCUT2D eigenvalue weighted by Gasteiger charge is -2.14. The normalized spacial score (nSPS) is 12.9. The highest BCUT2D eigenvalue weighted by atomic mass is 79.9. The van der Waals surface area contributed by atoms with E-state index >= 15 is 0 Å². The number of ether oxygens (including phenoxy) is 2. The number of benzene rings is 4. The first-order valence-corrected chi connectivity index (χ1v) is 26.6. The molecular weight excluding hydrogens is 1210 g/mol. The SMILES string of the molecule is C=C(C)C.CCOC(=O)CCCBr.CCOC(=O)CCCN1C(=O)c2ccc(C(=O)Nc3ccc(Br)cc3)cc2S1(=O)=O.Nc1ccc(Br)cc1.O=C(O)C(F)(F)F.O=C(O)c1ccc2c(c1)S(=O)(=O)NC2=O. The molecule has 4 aromatic carbocycles. The molecule has 0 saturated carbocycles. The molecule has 19 nitrogen and oxygen atoms in total. The predicted octanol–water partition coefficient (Wildman–Crippen LogP) is 8.98. The molecule has 0 atom stereocenters. The molecule has 0 spiro atoms. The molecule has 2 heterocycles. The van der Waals surface area contributed by atoms with E-state index in [0.29, 0.717) is 18.7 Å². The fourth-order valence-corrected chi connectivity index (χ4v) is 8.82. The summed E-state index contributed by atoms with van der Waals surface area (Å²) in [6.07, 6.45) is -3.54. The summed E-state index contributed by atoms with van der Waals surface area (Å²) in [7, 11) is -7.97. The van der Waals surface area contributed by atoms with Crippen molar-refractivity contribution in [3.05, 3.63) is 128 Å². The summed E-state index contributed by atoms with van der Waals surface area (Å²) in [5.74, 6) is -6.46. The Kier molecular flexibility index (Phi) is 27.3. The smallest absolute Gasteiger partial charge is 0.478 e. The van der Waals surface area contributed by atoms with Crippen LogP contribution < -0.4 is 15.8 Å². The number of amides is 3. The number of aliphatic carboxylic acids is 1. The van der Waals surface area contributed by atoms with Crippen LogP contribution in [0.5, 0.6) is 0 Å². The van der Waals surface area contributed by atoms with Gasteiger partial charge in [0.15, 0.2) is 0 Å². The monoisotopic (exact) mass is 1260 g/mol. The number of fused-ring (bicyclic) bond motifs is 2. The Bertz CT molecular complexity index is 2810. The van der Waals surface area contributed by atoms with Gasteiger partial charge in [0.05, 0.1) is 29.9 Å². The first-order valence-electron chi connectivity index (χ1n) is 21.0. The second-order valence-electron chi connectivity index (χ2n) is 14.6. The number of nitrogen functional groups attached to an aromatic ring is 1. The van der Waals surface area contributed by atoms with Crippen LogP contribution in [0.1, 0.15) is 94.8 Å². The molecule has 0 radical (unpaired) electrons. The molecule has 0 bridgehead atoms. The van der Waals surface area contributed by atoms with Gasteiger partial charge in [0, 0.05) is 50.6 Å². The average Bonchev–Trinajstić information content (AvgIpc) is 3.65. The Morgan fingerprint density at radius 2 is 1.21 bits per heavy atom. The van der Waals surface area contributed by atoms with Gasteiger partial charge in [-0.2, -0.15) is 13.2 Å². The zero-order chi connectivity index (χ0) is 55.9. The zero-order valence-corrected chi connectivity index (χ0v) is 45.6. The molecule has 0 fully saturated rings. The van der Waals surface area contributed by atoms with Crippen molar-refractivity contribution in [2.45, 2.75) is 69.3 Å². The second-order valence-corrected chi connectivity index (χ2v) is 20.7. The number of rotatable bonds is 12. The predicted molar refractivity (Wildman–Crippen MR) is 273 cm³/mol. The number of carboxylic acid groups (broad SMARTS) is 2. The standard InChI is InChI=1S/C20H19BrN2O6S.C8H5NO5S.C6H6BrN.C6H11BrO2.C4H8.C2HF3O2/c1-2-29-18(24)4-3-11-23-20(26)16-10-5-13(12-17(16)30(23,27)28)19(25)22-15-8-6-14(21)7-9-15;10-7-5-2-1-4(8(11)12)3-6(5)15(13,14)9-7;7-5-1-3-6(8)4-2-5;1-2-9-6(8)4-3-5-7;1-4(2)3;3-2(4,5)1(6)7/h5-10,12H,2-4,11H2,1H3,(H,22,25);1-3H,(H,9,10)(H,11,12);1-4H,8H2;2-5H2,1H3;1H2,2-3H3;(H,6,7). The van der Waals surface area contributed by atoms with Gasteiger partial charge in [-0.1, -0.05) is 53.4 Å². The number of esters is 2. The maximum Gasteiger partial charge on any atom is 0.490 e. The van der Waals surface area contributed by atoms with Gasteiger partial charge in [-0.05, 0) is 125 Å². The molecule has 2 aliphatic heterocycles. The van der Waals surface area contributed by atoms with E-state index in [2.05, 4.69) is 64.4 Å². The molecule has 0 aromatic heterocycles. The van der Waals surface area contributed by atoms with Gasteiger partial charge in [0.1, 0.15) is 9.79 Å². The second kappa shape index (κ2) is 30.8. The van der Waals surface area contributed by atoms with Crippen molar-refractivity contribution in [3.8, 4) is 0 Å². The van der Waals surface area contributed by atoms with Crippen LogP contribution in [0, 0.1) is 0 Å². The summed E-state index contributed by atoms with van der Waals surface area (Å²) < 4.78 is 93.9. The molecule has 73 heavy (non-hydrogen) atoms. The number of hydrogen-bond acceptors (Lipinski definition) is 14. The summed E-state index contributed by atoms with van der Waals surface area (Å²) in [5.41, 5.74) is 7.83. The van der Waals surface area contributed by atoms with Crippen molar-refractivity contribution < 1.29 is 83.3 Å². The van der Waals surface area contributed by atoms with E-state index in [0.717, 1.165) is 36.8 Å². The minimum absolute atomic E-state index is 0.00430. The molecule has 0 aliphatic carbocycles. The van der Waals surface area contributed by atoms with Crippen LogP contribution >= 0.6 is 47.8 Å². The first-order chi connectivity index (χ1) is 33.9. The van der Waals surface area contributed by atoms with Crippen LogP contribution in [-0.2, 0) is 43.9 Å². The lowest BCUT2D eigenvalue weighted by molar-refractivity contribution is -0.192. The summed E-state index contributed by atoms with van der Waals surface area (Å²) in [6, 6.07) is 21.7. The van der Waals surface area contributed by atoms with Crippen molar-refractivity contribution >= 4 is 121 Å². The van der Waals surface area contributed by atoms with E-state index in [1.54, 1.807) is 35.9 Å². The summed E-state index contributed by atoms with van der Waals surface area (Å²) in [4.78, 5) is 77.2. The number of nitrogens with zero attached hydrogens (tertiary/aromatic N) is 1. The molecule has 6 N–H and O–H groups in total. The highest BCUT2D eigenvalue weighted by Gasteiger charge is 2.41. The van der Waals surface area contributed by atoms with Crippen molar-refractivity contribution in [2.75, 3.05) is 36.1 Å².